The summed E-state index contributed by atoms with van der Waals surface area (Å²) in [6.07, 6.45) is 0.879. The summed E-state index contributed by atoms with van der Waals surface area (Å²) in [6, 6.07) is 6.02. The van der Waals surface area contributed by atoms with Crippen LogP contribution >= 0.6 is 15.9 Å². The molecule has 3 rings (SSSR count). The lowest BCUT2D eigenvalue weighted by atomic mass is 9.97. The molecule has 152 valence electrons. The van der Waals surface area contributed by atoms with Gasteiger partial charge in [0, 0.05) is 29.2 Å². The molecule has 1 aliphatic heterocycles. The Morgan fingerprint density at radius 3 is 2.46 bits per heavy atom. The molecule has 6 heteroatoms. The Hall–Kier alpha value is -1.95. The molecular weight excluding hydrogens is 420 g/mol. The van der Waals surface area contributed by atoms with E-state index in [2.05, 4.69) is 26.6 Å². The molecule has 2 aromatic rings. The summed E-state index contributed by atoms with van der Waals surface area (Å²) < 4.78 is 14.5. The fraction of sp³-hybridized carbons (Fsp3) is 0.500. The molecule has 0 radical (unpaired) electrons. The standard InChI is InChI=1S/C22H29BrN2O3/c1-13(2)28-19-11-15-14(10-18(19)27-7)8-9-25-17(12-16(23)20(15)25)21(26)24(6)22(3,4)5/h10-13H,8-9H2,1-7H3. The molecule has 5 nitrogen and oxygen atoms in total. The van der Waals surface area contributed by atoms with Gasteiger partial charge in [0.2, 0.25) is 0 Å². The smallest absolute Gasteiger partial charge is 0.270 e. The molecule has 1 aromatic heterocycles. The number of carbonyl (C=O) groups excluding carboxylic acids is 1. The summed E-state index contributed by atoms with van der Waals surface area (Å²) in [6.45, 7) is 10.9. The van der Waals surface area contributed by atoms with Crippen molar-refractivity contribution in [1.82, 2.24) is 9.47 Å². The Labute approximate surface area is 175 Å². The highest BCUT2D eigenvalue weighted by molar-refractivity contribution is 9.10. The van der Waals surface area contributed by atoms with Gasteiger partial charge in [-0.05, 0) is 80.7 Å². The van der Waals surface area contributed by atoms with E-state index in [1.807, 2.05) is 53.8 Å². The average Bonchev–Trinajstić information content (AvgIpc) is 2.95. The zero-order valence-corrected chi connectivity index (χ0v) is 19.3. The number of aryl methyl sites for hydroxylation is 1. The first-order chi connectivity index (χ1) is 13.0. The Balaban J connectivity index is 2.12. The molecule has 0 unspecified atom stereocenters. The van der Waals surface area contributed by atoms with E-state index in [1.54, 1.807) is 12.0 Å². The third-order valence-electron chi connectivity index (χ3n) is 5.19. The van der Waals surface area contributed by atoms with Crippen LogP contribution in [0.2, 0.25) is 0 Å². The summed E-state index contributed by atoms with van der Waals surface area (Å²) in [4.78, 5) is 14.9. The monoisotopic (exact) mass is 448 g/mol. The lowest BCUT2D eigenvalue weighted by Gasteiger charge is -2.32. The first kappa shape index (κ1) is 20.8. The molecule has 0 N–H and O–H groups in total. The maximum atomic E-state index is 13.1. The van der Waals surface area contributed by atoms with Gasteiger partial charge >= 0.3 is 0 Å². The lowest BCUT2D eigenvalue weighted by molar-refractivity contribution is 0.0644. The van der Waals surface area contributed by atoms with Crippen molar-refractivity contribution in [3.63, 3.8) is 0 Å². The normalized spacial score (nSPS) is 13.2. The molecule has 0 saturated carbocycles. The largest absolute Gasteiger partial charge is 0.493 e. The number of carbonyl (C=O) groups is 1. The highest BCUT2D eigenvalue weighted by atomic mass is 79.9. The number of benzene rings is 1. The van der Waals surface area contributed by atoms with Gasteiger partial charge in [0.1, 0.15) is 5.69 Å². The van der Waals surface area contributed by atoms with Crippen molar-refractivity contribution in [1.29, 1.82) is 0 Å². The number of methoxy groups -OCH3 is 1. The van der Waals surface area contributed by atoms with Crippen LogP contribution in [0.15, 0.2) is 22.7 Å². The molecule has 0 atom stereocenters. The SMILES string of the molecule is COc1cc2c(cc1OC(C)C)-c1c(Br)cc(C(=O)N(C)C(C)(C)C)n1CC2. The van der Waals surface area contributed by atoms with Crippen molar-refractivity contribution < 1.29 is 14.3 Å². The highest BCUT2D eigenvalue weighted by Gasteiger charge is 2.30. The summed E-state index contributed by atoms with van der Waals surface area (Å²) in [5.74, 6) is 1.49. The number of ether oxygens (including phenoxy) is 2. The fourth-order valence-corrected chi connectivity index (χ4v) is 4.09. The lowest BCUT2D eigenvalue weighted by Crippen LogP contribution is -2.43. The minimum Gasteiger partial charge on any atom is -0.493 e. The Kier molecular flexibility index (Phi) is 5.54. The second-order valence-electron chi connectivity index (χ2n) is 8.49. The molecule has 0 fully saturated rings. The molecule has 1 amide bonds. The molecule has 1 aromatic carbocycles. The maximum absolute atomic E-state index is 13.1. The number of nitrogens with zero attached hydrogens (tertiary/aromatic N) is 2. The molecular formula is C22H29BrN2O3. The molecule has 2 heterocycles. The zero-order valence-electron chi connectivity index (χ0n) is 17.7. The molecule has 28 heavy (non-hydrogen) atoms. The van der Waals surface area contributed by atoms with Crippen molar-refractivity contribution >= 4 is 21.8 Å². The topological polar surface area (TPSA) is 43.7 Å². The second-order valence-corrected chi connectivity index (χ2v) is 9.34. The second kappa shape index (κ2) is 7.47. The molecule has 0 aliphatic carbocycles. The van der Waals surface area contributed by atoms with E-state index in [1.165, 1.54) is 5.56 Å². The minimum atomic E-state index is -0.244. The summed E-state index contributed by atoms with van der Waals surface area (Å²) in [5.41, 5.74) is 3.75. The Bertz CT molecular complexity index is 909. The van der Waals surface area contributed by atoms with Gasteiger partial charge in [-0.25, -0.2) is 0 Å². The predicted molar refractivity (Wildman–Crippen MR) is 115 cm³/mol. The fourth-order valence-electron chi connectivity index (χ4n) is 3.44. The zero-order chi connectivity index (χ0) is 20.8. The van der Waals surface area contributed by atoms with E-state index < -0.39 is 0 Å². The first-order valence-corrected chi connectivity index (χ1v) is 10.4. The summed E-state index contributed by atoms with van der Waals surface area (Å²) in [5, 5.41) is 0. The van der Waals surface area contributed by atoms with E-state index >= 15 is 0 Å². The number of aromatic nitrogens is 1. The van der Waals surface area contributed by atoms with Crippen molar-refractivity contribution in [2.45, 2.75) is 59.2 Å². The van der Waals surface area contributed by atoms with Crippen molar-refractivity contribution in [3.8, 4) is 22.8 Å². The van der Waals surface area contributed by atoms with Gasteiger partial charge in [-0.15, -0.1) is 0 Å². The van der Waals surface area contributed by atoms with Gasteiger partial charge in [-0.3, -0.25) is 4.79 Å². The quantitative estimate of drug-likeness (QED) is 0.649. The van der Waals surface area contributed by atoms with E-state index in [0.717, 1.165) is 40.2 Å². The van der Waals surface area contributed by atoms with Gasteiger partial charge in [0.15, 0.2) is 11.5 Å². The van der Waals surface area contributed by atoms with Crippen molar-refractivity contribution in [3.05, 3.63) is 33.9 Å². The Morgan fingerprint density at radius 1 is 1.21 bits per heavy atom. The van der Waals surface area contributed by atoms with Crippen LogP contribution in [-0.4, -0.2) is 41.2 Å². The number of fused-ring (bicyclic) bond motifs is 3. The van der Waals surface area contributed by atoms with Crippen LogP contribution in [0.4, 0.5) is 0 Å². The summed E-state index contributed by atoms with van der Waals surface area (Å²) in [7, 11) is 3.52. The number of hydrogen-bond donors (Lipinski definition) is 0. The minimum absolute atomic E-state index is 0.0232. The maximum Gasteiger partial charge on any atom is 0.270 e. The average molecular weight is 449 g/mol. The number of rotatable bonds is 4. The first-order valence-electron chi connectivity index (χ1n) is 9.59. The number of halogens is 1. The van der Waals surface area contributed by atoms with Crippen LogP contribution in [0.5, 0.6) is 11.5 Å². The number of hydrogen-bond acceptors (Lipinski definition) is 3. The van der Waals surface area contributed by atoms with Gasteiger partial charge in [0.05, 0.1) is 18.9 Å². The van der Waals surface area contributed by atoms with E-state index in [-0.39, 0.29) is 17.6 Å². The molecule has 0 saturated heterocycles. The van der Waals surface area contributed by atoms with Gasteiger partial charge in [-0.2, -0.15) is 0 Å². The van der Waals surface area contributed by atoms with Crippen LogP contribution in [0.3, 0.4) is 0 Å². The van der Waals surface area contributed by atoms with Crippen molar-refractivity contribution in [2.75, 3.05) is 14.2 Å². The van der Waals surface area contributed by atoms with Crippen LogP contribution in [0.1, 0.15) is 50.7 Å². The number of amides is 1. The molecule has 0 bridgehead atoms. The Morgan fingerprint density at radius 2 is 1.89 bits per heavy atom. The van der Waals surface area contributed by atoms with E-state index in [9.17, 15) is 4.79 Å². The van der Waals surface area contributed by atoms with E-state index in [4.69, 9.17) is 9.47 Å². The van der Waals surface area contributed by atoms with Crippen LogP contribution in [-0.2, 0) is 13.0 Å². The van der Waals surface area contributed by atoms with E-state index in [0.29, 0.717) is 5.69 Å². The van der Waals surface area contributed by atoms with Gasteiger partial charge in [0.25, 0.3) is 5.91 Å². The third kappa shape index (κ3) is 3.66. The van der Waals surface area contributed by atoms with Gasteiger partial charge in [-0.1, -0.05) is 0 Å². The van der Waals surface area contributed by atoms with Crippen LogP contribution < -0.4 is 9.47 Å². The summed E-state index contributed by atoms with van der Waals surface area (Å²) >= 11 is 3.69. The molecule has 0 spiro atoms. The predicted octanol–water partition coefficient (Wildman–Crippen LogP) is 5.14. The van der Waals surface area contributed by atoms with Crippen LogP contribution in [0, 0.1) is 0 Å². The van der Waals surface area contributed by atoms with Crippen LogP contribution in [0.25, 0.3) is 11.3 Å². The van der Waals surface area contributed by atoms with Crippen molar-refractivity contribution in [2.24, 2.45) is 0 Å². The highest BCUT2D eigenvalue weighted by Crippen LogP contribution is 2.43. The molecule has 1 aliphatic rings. The van der Waals surface area contributed by atoms with Gasteiger partial charge < -0.3 is 18.9 Å². The third-order valence-corrected chi connectivity index (χ3v) is 5.80.